The standard InChI is InChI=1S/C17H22N2O3/c1-12-14(11-20)5-6-15(18-12)13-7-9-19(10-8-13)16(21)22-17(2,3)4/h5-7,11H,8-10H2,1-4H3. The topological polar surface area (TPSA) is 59.5 Å². The summed E-state index contributed by atoms with van der Waals surface area (Å²) >= 11 is 0. The molecule has 0 bridgehead atoms. The van der Waals surface area contributed by atoms with Crippen LogP contribution in [0, 0.1) is 6.92 Å². The molecule has 2 heterocycles. The summed E-state index contributed by atoms with van der Waals surface area (Å²) in [6.45, 7) is 8.52. The van der Waals surface area contributed by atoms with Crippen LogP contribution in [0.1, 0.15) is 48.9 Å². The molecule has 0 aromatic carbocycles. The van der Waals surface area contributed by atoms with Crippen molar-refractivity contribution in [2.45, 2.75) is 39.7 Å². The monoisotopic (exact) mass is 302 g/mol. The smallest absolute Gasteiger partial charge is 0.410 e. The van der Waals surface area contributed by atoms with E-state index in [1.54, 1.807) is 11.0 Å². The van der Waals surface area contributed by atoms with Crippen LogP contribution in [0.5, 0.6) is 0 Å². The van der Waals surface area contributed by atoms with E-state index in [-0.39, 0.29) is 6.09 Å². The van der Waals surface area contributed by atoms with Crippen molar-refractivity contribution in [1.29, 1.82) is 0 Å². The predicted octanol–water partition coefficient (Wildman–Crippen LogP) is 3.23. The lowest BCUT2D eigenvalue weighted by atomic mass is 10.0. The molecule has 118 valence electrons. The number of nitrogens with zero attached hydrogens (tertiary/aromatic N) is 2. The fourth-order valence-corrected chi connectivity index (χ4v) is 2.27. The molecular formula is C17H22N2O3. The number of aryl methyl sites for hydroxylation is 1. The van der Waals surface area contributed by atoms with E-state index in [0.29, 0.717) is 18.7 Å². The number of amides is 1. The summed E-state index contributed by atoms with van der Waals surface area (Å²) in [5.41, 5.74) is 2.82. The Kier molecular flexibility index (Phi) is 4.64. The number of carbonyl (C=O) groups is 2. The van der Waals surface area contributed by atoms with Crippen molar-refractivity contribution in [2.75, 3.05) is 13.1 Å². The van der Waals surface area contributed by atoms with Gasteiger partial charge >= 0.3 is 6.09 Å². The second-order valence-corrected chi connectivity index (χ2v) is 6.39. The molecule has 22 heavy (non-hydrogen) atoms. The molecule has 0 N–H and O–H groups in total. The van der Waals surface area contributed by atoms with E-state index in [1.807, 2.05) is 39.8 Å². The third-order valence-electron chi connectivity index (χ3n) is 3.44. The Morgan fingerprint density at radius 3 is 2.59 bits per heavy atom. The van der Waals surface area contributed by atoms with Gasteiger partial charge in [-0.3, -0.25) is 9.78 Å². The summed E-state index contributed by atoms with van der Waals surface area (Å²) < 4.78 is 5.37. The first-order chi connectivity index (χ1) is 10.3. The van der Waals surface area contributed by atoms with Gasteiger partial charge in [-0.2, -0.15) is 0 Å². The molecule has 1 aliphatic heterocycles. The van der Waals surface area contributed by atoms with E-state index in [9.17, 15) is 9.59 Å². The van der Waals surface area contributed by atoms with Gasteiger partial charge in [-0.1, -0.05) is 6.08 Å². The molecule has 1 amide bonds. The lowest BCUT2D eigenvalue weighted by molar-refractivity contribution is 0.0270. The molecule has 5 nitrogen and oxygen atoms in total. The highest BCUT2D eigenvalue weighted by Crippen LogP contribution is 2.22. The van der Waals surface area contributed by atoms with Gasteiger partial charge in [-0.25, -0.2) is 4.79 Å². The van der Waals surface area contributed by atoms with Gasteiger partial charge < -0.3 is 9.64 Å². The molecule has 0 radical (unpaired) electrons. The van der Waals surface area contributed by atoms with Crippen LogP contribution in [-0.4, -0.2) is 41.0 Å². The minimum Gasteiger partial charge on any atom is -0.444 e. The van der Waals surface area contributed by atoms with Crippen LogP contribution in [-0.2, 0) is 4.74 Å². The van der Waals surface area contributed by atoms with Gasteiger partial charge in [-0.05, 0) is 51.8 Å². The van der Waals surface area contributed by atoms with E-state index in [0.717, 1.165) is 29.7 Å². The molecule has 0 saturated heterocycles. The minimum atomic E-state index is -0.482. The summed E-state index contributed by atoms with van der Waals surface area (Å²) in [5.74, 6) is 0. The molecule has 1 aromatic rings. The van der Waals surface area contributed by atoms with Crippen molar-refractivity contribution in [1.82, 2.24) is 9.88 Å². The van der Waals surface area contributed by atoms with Crippen molar-refractivity contribution < 1.29 is 14.3 Å². The minimum absolute atomic E-state index is 0.289. The molecule has 2 rings (SSSR count). The van der Waals surface area contributed by atoms with Crippen molar-refractivity contribution in [3.05, 3.63) is 35.2 Å². The van der Waals surface area contributed by atoms with Crippen LogP contribution in [0.25, 0.3) is 5.57 Å². The van der Waals surface area contributed by atoms with Gasteiger partial charge in [0.15, 0.2) is 6.29 Å². The number of aromatic nitrogens is 1. The van der Waals surface area contributed by atoms with E-state index in [1.165, 1.54) is 0 Å². The number of aldehydes is 1. The third-order valence-corrected chi connectivity index (χ3v) is 3.44. The number of rotatable bonds is 2. The van der Waals surface area contributed by atoms with Crippen molar-refractivity contribution in [3.8, 4) is 0 Å². The van der Waals surface area contributed by atoms with Crippen molar-refractivity contribution in [2.24, 2.45) is 0 Å². The quantitative estimate of drug-likeness (QED) is 0.787. The second kappa shape index (κ2) is 6.30. The maximum absolute atomic E-state index is 12.0. The van der Waals surface area contributed by atoms with Gasteiger partial charge in [0.05, 0.1) is 5.69 Å². The SMILES string of the molecule is Cc1nc(C2=CCN(C(=O)OC(C)(C)C)CC2)ccc1C=O. The Morgan fingerprint density at radius 1 is 1.36 bits per heavy atom. The normalized spacial score (nSPS) is 15.3. The Bertz CT molecular complexity index is 615. The number of ether oxygens (including phenoxy) is 1. The molecule has 1 aromatic heterocycles. The molecule has 5 heteroatoms. The highest BCUT2D eigenvalue weighted by atomic mass is 16.6. The van der Waals surface area contributed by atoms with Crippen LogP contribution in [0.3, 0.4) is 0 Å². The number of hydrogen-bond donors (Lipinski definition) is 0. The summed E-state index contributed by atoms with van der Waals surface area (Å²) in [5, 5.41) is 0. The molecule has 0 atom stereocenters. The lowest BCUT2D eigenvalue weighted by Gasteiger charge is -2.29. The average Bonchev–Trinajstić information content (AvgIpc) is 2.45. The van der Waals surface area contributed by atoms with E-state index < -0.39 is 5.60 Å². The van der Waals surface area contributed by atoms with Crippen LogP contribution >= 0.6 is 0 Å². The molecular weight excluding hydrogens is 280 g/mol. The zero-order valence-electron chi connectivity index (χ0n) is 13.5. The first kappa shape index (κ1) is 16.2. The maximum Gasteiger partial charge on any atom is 0.410 e. The molecule has 0 fully saturated rings. The Hall–Kier alpha value is -2.17. The summed E-state index contributed by atoms with van der Waals surface area (Å²) in [6.07, 6.45) is 3.25. The summed E-state index contributed by atoms with van der Waals surface area (Å²) in [4.78, 5) is 29.0. The zero-order valence-corrected chi connectivity index (χ0v) is 13.5. The van der Waals surface area contributed by atoms with E-state index >= 15 is 0 Å². The van der Waals surface area contributed by atoms with Crippen LogP contribution in [0.2, 0.25) is 0 Å². The molecule has 0 unspecified atom stereocenters. The number of hydrogen-bond acceptors (Lipinski definition) is 4. The molecule has 0 saturated carbocycles. The molecule has 1 aliphatic rings. The second-order valence-electron chi connectivity index (χ2n) is 6.39. The predicted molar refractivity (Wildman–Crippen MR) is 84.8 cm³/mol. The molecule has 0 aliphatic carbocycles. The Balaban J connectivity index is 2.07. The fourth-order valence-electron chi connectivity index (χ4n) is 2.27. The number of pyridine rings is 1. The zero-order chi connectivity index (χ0) is 16.3. The van der Waals surface area contributed by atoms with Gasteiger partial charge in [0.1, 0.15) is 5.60 Å². The first-order valence-electron chi connectivity index (χ1n) is 7.40. The maximum atomic E-state index is 12.0. The van der Waals surface area contributed by atoms with Gasteiger partial charge in [0, 0.05) is 24.3 Å². The Morgan fingerprint density at radius 2 is 2.09 bits per heavy atom. The average molecular weight is 302 g/mol. The van der Waals surface area contributed by atoms with Gasteiger partial charge in [0.2, 0.25) is 0 Å². The third kappa shape index (κ3) is 3.93. The van der Waals surface area contributed by atoms with E-state index in [2.05, 4.69) is 4.98 Å². The number of carbonyl (C=O) groups excluding carboxylic acids is 2. The molecule has 0 spiro atoms. The Labute approximate surface area is 131 Å². The lowest BCUT2D eigenvalue weighted by Crippen LogP contribution is -2.39. The van der Waals surface area contributed by atoms with Gasteiger partial charge in [0.25, 0.3) is 0 Å². The fraction of sp³-hybridized carbons (Fsp3) is 0.471. The highest BCUT2D eigenvalue weighted by Gasteiger charge is 2.24. The van der Waals surface area contributed by atoms with Crippen LogP contribution < -0.4 is 0 Å². The van der Waals surface area contributed by atoms with Crippen LogP contribution in [0.4, 0.5) is 4.79 Å². The van der Waals surface area contributed by atoms with Crippen molar-refractivity contribution >= 4 is 18.0 Å². The summed E-state index contributed by atoms with van der Waals surface area (Å²) in [7, 11) is 0. The van der Waals surface area contributed by atoms with Crippen molar-refractivity contribution in [3.63, 3.8) is 0 Å². The summed E-state index contributed by atoms with van der Waals surface area (Å²) in [6, 6.07) is 3.64. The largest absolute Gasteiger partial charge is 0.444 e. The highest BCUT2D eigenvalue weighted by molar-refractivity contribution is 5.77. The first-order valence-corrected chi connectivity index (χ1v) is 7.40. The van der Waals surface area contributed by atoms with Crippen LogP contribution in [0.15, 0.2) is 18.2 Å². The van der Waals surface area contributed by atoms with Gasteiger partial charge in [-0.15, -0.1) is 0 Å². The van der Waals surface area contributed by atoms with E-state index in [4.69, 9.17) is 4.74 Å².